The molecule has 1 fully saturated rings. The predicted molar refractivity (Wildman–Crippen MR) is 69.0 cm³/mol. The van der Waals surface area contributed by atoms with E-state index in [2.05, 4.69) is 0 Å². The van der Waals surface area contributed by atoms with Crippen LogP contribution in [0.2, 0.25) is 0 Å². The molecule has 1 spiro atoms. The van der Waals surface area contributed by atoms with E-state index in [1.165, 1.54) is 4.90 Å². The van der Waals surface area contributed by atoms with Gasteiger partial charge in [-0.2, -0.15) is 0 Å². The Kier molecular flexibility index (Phi) is 2.52. The molecule has 2 aliphatic heterocycles. The lowest BCUT2D eigenvalue weighted by molar-refractivity contribution is 0.0393. The number of piperidine rings is 1. The Bertz CT molecular complexity index is 547. The molecule has 3 rings (SSSR count). The standard InChI is InChI=1S/C14H16N2O3/c1-15-12(17)10-4-2-3-5-11(10)14(15)6-8-16(9-7-14)13(18)19/h2-5H,6-9H2,1H3,(H,18,19). The molecular formula is C14H16N2O3. The molecule has 0 aromatic heterocycles. The smallest absolute Gasteiger partial charge is 0.407 e. The van der Waals surface area contributed by atoms with Crippen molar-refractivity contribution in [2.45, 2.75) is 18.4 Å². The minimum absolute atomic E-state index is 0.0411. The van der Waals surface area contributed by atoms with E-state index >= 15 is 0 Å². The van der Waals surface area contributed by atoms with Crippen molar-refractivity contribution in [3.05, 3.63) is 35.4 Å². The van der Waals surface area contributed by atoms with Gasteiger partial charge in [0.15, 0.2) is 0 Å². The van der Waals surface area contributed by atoms with Gasteiger partial charge in [-0.1, -0.05) is 18.2 Å². The number of amides is 2. The van der Waals surface area contributed by atoms with E-state index < -0.39 is 6.09 Å². The Morgan fingerprint density at radius 2 is 1.89 bits per heavy atom. The van der Waals surface area contributed by atoms with E-state index in [1.54, 1.807) is 4.90 Å². The molecule has 5 heteroatoms. The molecular weight excluding hydrogens is 244 g/mol. The number of hydrogen-bond donors (Lipinski definition) is 1. The fourth-order valence-electron chi connectivity index (χ4n) is 3.30. The van der Waals surface area contributed by atoms with Crippen LogP contribution in [0.4, 0.5) is 4.79 Å². The Hall–Kier alpha value is -2.04. The summed E-state index contributed by atoms with van der Waals surface area (Å²) in [6.45, 7) is 0.947. The molecule has 1 aromatic rings. The third-order valence-electron chi connectivity index (χ3n) is 4.47. The lowest BCUT2D eigenvalue weighted by Gasteiger charge is -2.43. The second kappa shape index (κ2) is 3.98. The van der Waals surface area contributed by atoms with Crippen molar-refractivity contribution in [2.24, 2.45) is 0 Å². The predicted octanol–water partition coefficient (Wildman–Crippen LogP) is 1.74. The second-order valence-corrected chi connectivity index (χ2v) is 5.21. The summed E-state index contributed by atoms with van der Waals surface area (Å²) in [5, 5.41) is 9.03. The third kappa shape index (κ3) is 1.54. The zero-order chi connectivity index (χ0) is 13.6. The summed E-state index contributed by atoms with van der Waals surface area (Å²) in [7, 11) is 1.82. The minimum atomic E-state index is -0.880. The third-order valence-corrected chi connectivity index (χ3v) is 4.47. The monoisotopic (exact) mass is 260 g/mol. The van der Waals surface area contributed by atoms with Crippen molar-refractivity contribution >= 4 is 12.0 Å². The quantitative estimate of drug-likeness (QED) is 0.773. The van der Waals surface area contributed by atoms with Crippen LogP contribution in [-0.2, 0) is 5.54 Å². The highest BCUT2D eigenvalue weighted by molar-refractivity contribution is 5.99. The molecule has 1 N–H and O–H groups in total. The van der Waals surface area contributed by atoms with Gasteiger partial charge in [0.2, 0.25) is 0 Å². The summed E-state index contributed by atoms with van der Waals surface area (Å²) in [6.07, 6.45) is 0.451. The van der Waals surface area contributed by atoms with Crippen LogP contribution in [0.3, 0.4) is 0 Å². The number of likely N-dealkylation sites (tertiary alicyclic amines) is 1. The van der Waals surface area contributed by atoms with Gasteiger partial charge in [0.1, 0.15) is 0 Å². The molecule has 2 heterocycles. The van der Waals surface area contributed by atoms with E-state index in [0.29, 0.717) is 25.9 Å². The molecule has 0 atom stereocenters. The molecule has 19 heavy (non-hydrogen) atoms. The van der Waals surface area contributed by atoms with Crippen molar-refractivity contribution in [3.8, 4) is 0 Å². The molecule has 100 valence electrons. The van der Waals surface area contributed by atoms with Gasteiger partial charge in [-0.05, 0) is 24.5 Å². The minimum Gasteiger partial charge on any atom is -0.465 e. The summed E-state index contributed by atoms with van der Waals surface area (Å²) in [5.74, 6) is 0.0411. The Morgan fingerprint density at radius 1 is 1.26 bits per heavy atom. The van der Waals surface area contributed by atoms with Crippen molar-refractivity contribution < 1.29 is 14.7 Å². The number of nitrogens with zero attached hydrogens (tertiary/aromatic N) is 2. The van der Waals surface area contributed by atoms with Crippen molar-refractivity contribution in [3.63, 3.8) is 0 Å². The van der Waals surface area contributed by atoms with Crippen molar-refractivity contribution in [1.29, 1.82) is 0 Å². The first-order chi connectivity index (χ1) is 9.06. The SMILES string of the molecule is CN1C(=O)c2ccccc2C12CCN(C(=O)O)CC2. The maximum Gasteiger partial charge on any atom is 0.407 e. The van der Waals surface area contributed by atoms with Crippen LogP contribution in [0.5, 0.6) is 0 Å². The number of carbonyl (C=O) groups excluding carboxylic acids is 1. The normalized spacial score (nSPS) is 20.8. The molecule has 2 amide bonds. The van der Waals surface area contributed by atoms with Gasteiger partial charge in [-0.25, -0.2) is 4.79 Å². The Labute approximate surface area is 111 Å². The lowest BCUT2D eigenvalue weighted by atomic mass is 9.81. The molecule has 0 saturated carbocycles. The molecule has 0 aliphatic carbocycles. The van der Waals surface area contributed by atoms with E-state index in [0.717, 1.165) is 11.1 Å². The maximum atomic E-state index is 12.3. The first-order valence-corrected chi connectivity index (χ1v) is 6.42. The molecule has 0 radical (unpaired) electrons. The maximum absolute atomic E-state index is 12.3. The lowest BCUT2D eigenvalue weighted by Crippen LogP contribution is -2.50. The van der Waals surface area contributed by atoms with Gasteiger partial charge in [0.05, 0.1) is 5.54 Å². The Morgan fingerprint density at radius 3 is 2.53 bits per heavy atom. The Balaban J connectivity index is 1.98. The van der Waals surface area contributed by atoms with Crippen LogP contribution in [0.15, 0.2) is 24.3 Å². The summed E-state index contributed by atoms with van der Waals surface area (Å²) < 4.78 is 0. The zero-order valence-electron chi connectivity index (χ0n) is 10.8. The first-order valence-electron chi connectivity index (χ1n) is 6.42. The highest BCUT2D eigenvalue weighted by Crippen LogP contribution is 2.45. The number of fused-ring (bicyclic) bond motifs is 2. The van der Waals surface area contributed by atoms with Gasteiger partial charge in [-0.3, -0.25) is 4.79 Å². The molecule has 0 bridgehead atoms. The number of rotatable bonds is 0. The van der Waals surface area contributed by atoms with Crippen molar-refractivity contribution in [1.82, 2.24) is 9.80 Å². The van der Waals surface area contributed by atoms with Crippen LogP contribution >= 0.6 is 0 Å². The number of carbonyl (C=O) groups is 2. The number of hydrogen-bond acceptors (Lipinski definition) is 2. The molecule has 5 nitrogen and oxygen atoms in total. The zero-order valence-corrected chi connectivity index (χ0v) is 10.8. The summed E-state index contributed by atoms with van der Waals surface area (Å²) in [6, 6.07) is 7.66. The van der Waals surface area contributed by atoms with Gasteiger partial charge in [0.25, 0.3) is 5.91 Å². The van der Waals surface area contributed by atoms with Gasteiger partial charge < -0.3 is 14.9 Å². The average molecular weight is 260 g/mol. The summed E-state index contributed by atoms with van der Waals surface area (Å²) in [4.78, 5) is 26.5. The number of carboxylic acid groups (broad SMARTS) is 1. The van der Waals surface area contributed by atoms with Crippen LogP contribution in [0.25, 0.3) is 0 Å². The van der Waals surface area contributed by atoms with Crippen LogP contribution in [0, 0.1) is 0 Å². The second-order valence-electron chi connectivity index (χ2n) is 5.21. The first kappa shape index (κ1) is 12.0. The van der Waals surface area contributed by atoms with E-state index in [4.69, 9.17) is 5.11 Å². The van der Waals surface area contributed by atoms with Gasteiger partial charge in [-0.15, -0.1) is 0 Å². The molecule has 1 saturated heterocycles. The topological polar surface area (TPSA) is 60.9 Å². The molecule has 2 aliphatic rings. The van der Waals surface area contributed by atoms with Gasteiger partial charge >= 0.3 is 6.09 Å². The van der Waals surface area contributed by atoms with Crippen LogP contribution in [0.1, 0.15) is 28.8 Å². The highest BCUT2D eigenvalue weighted by atomic mass is 16.4. The van der Waals surface area contributed by atoms with Crippen LogP contribution in [-0.4, -0.2) is 47.0 Å². The van der Waals surface area contributed by atoms with Crippen molar-refractivity contribution in [2.75, 3.05) is 20.1 Å². The fourth-order valence-corrected chi connectivity index (χ4v) is 3.30. The highest BCUT2D eigenvalue weighted by Gasteiger charge is 2.49. The van der Waals surface area contributed by atoms with Gasteiger partial charge in [0, 0.05) is 25.7 Å². The fraction of sp³-hybridized carbons (Fsp3) is 0.429. The largest absolute Gasteiger partial charge is 0.465 e. The van der Waals surface area contributed by atoms with E-state index in [1.807, 2.05) is 31.3 Å². The van der Waals surface area contributed by atoms with E-state index in [9.17, 15) is 9.59 Å². The van der Waals surface area contributed by atoms with Crippen LogP contribution < -0.4 is 0 Å². The molecule has 1 aromatic carbocycles. The summed E-state index contributed by atoms with van der Waals surface area (Å²) >= 11 is 0. The number of benzene rings is 1. The summed E-state index contributed by atoms with van der Waals surface area (Å²) in [5.41, 5.74) is 1.49. The van der Waals surface area contributed by atoms with E-state index in [-0.39, 0.29) is 11.4 Å². The molecule has 0 unspecified atom stereocenters. The average Bonchev–Trinajstić information content (AvgIpc) is 2.63.